The van der Waals surface area contributed by atoms with Gasteiger partial charge in [0, 0.05) is 41.3 Å². The second-order valence-electron chi connectivity index (χ2n) is 6.26. The number of primary amides is 1. The van der Waals surface area contributed by atoms with Crippen molar-refractivity contribution in [2.45, 2.75) is 12.5 Å². The number of nitrogens with two attached hydrogens (primary N) is 1. The molecule has 0 spiro atoms. The van der Waals surface area contributed by atoms with Gasteiger partial charge in [-0.2, -0.15) is 0 Å². The minimum Gasteiger partial charge on any atom is -0.368 e. The second-order valence-corrected chi connectivity index (χ2v) is 6.26. The van der Waals surface area contributed by atoms with Crippen LogP contribution in [0.1, 0.15) is 16.1 Å². The van der Waals surface area contributed by atoms with Gasteiger partial charge in [0.15, 0.2) is 0 Å². The van der Waals surface area contributed by atoms with Crippen molar-refractivity contribution >= 4 is 33.6 Å². The Labute approximate surface area is 154 Å². The van der Waals surface area contributed by atoms with Crippen molar-refractivity contribution in [1.29, 1.82) is 0 Å². The quantitative estimate of drug-likeness (QED) is 0.505. The van der Waals surface area contributed by atoms with Crippen molar-refractivity contribution in [3.05, 3.63) is 72.3 Å². The molecule has 2 amide bonds. The molecule has 0 unspecified atom stereocenters. The first-order chi connectivity index (χ1) is 13.1. The van der Waals surface area contributed by atoms with Gasteiger partial charge in [-0.1, -0.05) is 18.2 Å². The van der Waals surface area contributed by atoms with Crippen molar-refractivity contribution in [2.24, 2.45) is 5.73 Å². The third kappa shape index (κ3) is 3.35. The van der Waals surface area contributed by atoms with Crippen LogP contribution in [0.3, 0.4) is 0 Å². The monoisotopic (exact) mass is 359 g/mol. The number of para-hydroxylation sites is 1. The number of hydrogen-bond donors (Lipinski definition) is 3. The number of aromatic amines is 1. The van der Waals surface area contributed by atoms with Crippen molar-refractivity contribution < 1.29 is 9.59 Å². The van der Waals surface area contributed by atoms with E-state index in [0.29, 0.717) is 11.9 Å². The lowest BCUT2D eigenvalue weighted by Crippen LogP contribution is -2.46. The Morgan fingerprint density at radius 1 is 1.15 bits per heavy atom. The van der Waals surface area contributed by atoms with Crippen molar-refractivity contribution in [3.63, 3.8) is 0 Å². The highest BCUT2D eigenvalue weighted by Crippen LogP contribution is 2.19. The molecular formula is C20H17N5O2. The van der Waals surface area contributed by atoms with Crippen molar-refractivity contribution in [2.75, 3.05) is 0 Å². The summed E-state index contributed by atoms with van der Waals surface area (Å²) in [5, 5.41) is 4.52. The van der Waals surface area contributed by atoms with E-state index in [-0.39, 0.29) is 5.69 Å². The first-order valence-corrected chi connectivity index (χ1v) is 8.48. The first kappa shape index (κ1) is 16.7. The first-order valence-electron chi connectivity index (χ1n) is 8.48. The summed E-state index contributed by atoms with van der Waals surface area (Å²) in [6.45, 7) is 0. The summed E-state index contributed by atoms with van der Waals surface area (Å²) < 4.78 is 0. The van der Waals surface area contributed by atoms with Gasteiger partial charge in [-0.05, 0) is 29.8 Å². The number of rotatable bonds is 5. The number of aromatic nitrogens is 3. The molecule has 3 aromatic heterocycles. The highest BCUT2D eigenvalue weighted by atomic mass is 16.2. The largest absolute Gasteiger partial charge is 0.368 e. The van der Waals surface area contributed by atoms with Gasteiger partial charge in [-0.25, -0.2) is 4.98 Å². The molecule has 4 N–H and O–H groups in total. The zero-order valence-electron chi connectivity index (χ0n) is 14.3. The number of carbonyl (C=O) groups excluding carboxylic acids is 2. The van der Waals surface area contributed by atoms with E-state index in [4.69, 9.17) is 5.73 Å². The SMILES string of the molecule is NC(=O)[C@H](Cc1c[nH]c2ccccc12)NC(=O)c1ccc2cnccc2n1. The maximum absolute atomic E-state index is 12.6. The van der Waals surface area contributed by atoms with Crippen molar-refractivity contribution in [1.82, 2.24) is 20.3 Å². The molecule has 0 bridgehead atoms. The maximum Gasteiger partial charge on any atom is 0.270 e. The fourth-order valence-electron chi connectivity index (χ4n) is 3.07. The van der Waals surface area contributed by atoms with Crippen LogP contribution in [0, 0.1) is 0 Å². The molecule has 0 aliphatic carbocycles. The van der Waals surface area contributed by atoms with Gasteiger partial charge >= 0.3 is 0 Å². The molecule has 0 radical (unpaired) electrons. The van der Waals surface area contributed by atoms with Gasteiger partial charge in [0.25, 0.3) is 5.91 Å². The van der Waals surface area contributed by atoms with E-state index in [1.54, 1.807) is 30.6 Å². The summed E-state index contributed by atoms with van der Waals surface area (Å²) in [6, 6.07) is 12.0. The van der Waals surface area contributed by atoms with Crippen molar-refractivity contribution in [3.8, 4) is 0 Å². The smallest absolute Gasteiger partial charge is 0.270 e. The molecule has 1 aromatic carbocycles. The highest BCUT2D eigenvalue weighted by molar-refractivity contribution is 5.97. The van der Waals surface area contributed by atoms with Crippen LogP contribution in [0.15, 0.2) is 61.1 Å². The molecule has 27 heavy (non-hydrogen) atoms. The Balaban J connectivity index is 1.57. The summed E-state index contributed by atoms with van der Waals surface area (Å²) in [5.74, 6) is -1.05. The molecular weight excluding hydrogens is 342 g/mol. The summed E-state index contributed by atoms with van der Waals surface area (Å²) in [5.41, 5.74) is 8.27. The van der Waals surface area contributed by atoms with Crippen LogP contribution in [0.4, 0.5) is 0 Å². The average Bonchev–Trinajstić information content (AvgIpc) is 3.10. The number of pyridine rings is 2. The Morgan fingerprint density at radius 3 is 2.85 bits per heavy atom. The van der Waals surface area contributed by atoms with Crippen LogP contribution in [0.25, 0.3) is 21.8 Å². The molecule has 7 heteroatoms. The molecule has 1 atom stereocenters. The number of carbonyl (C=O) groups is 2. The van der Waals surface area contributed by atoms with Crippen LogP contribution in [-0.2, 0) is 11.2 Å². The van der Waals surface area contributed by atoms with Crippen LogP contribution >= 0.6 is 0 Å². The summed E-state index contributed by atoms with van der Waals surface area (Å²) in [4.78, 5) is 36.0. The van der Waals surface area contributed by atoms with Gasteiger partial charge in [-0.15, -0.1) is 0 Å². The highest BCUT2D eigenvalue weighted by Gasteiger charge is 2.21. The number of nitrogens with one attached hydrogen (secondary N) is 2. The number of amides is 2. The van der Waals surface area contributed by atoms with Gasteiger partial charge in [0.2, 0.25) is 5.91 Å². The topological polar surface area (TPSA) is 114 Å². The minimum atomic E-state index is -0.841. The zero-order valence-corrected chi connectivity index (χ0v) is 14.3. The number of H-pyrrole nitrogens is 1. The molecule has 4 rings (SSSR count). The minimum absolute atomic E-state index is 0.221. The predicted molar refractivity (Wildman–Crippen MR) is 102 cm³/mol. The number of nitrogens with zero attached hydrogens (tertiary/aromatic N) is 2. The van der Waals surface area contributed by atoms with Gasteiger partial charge in [-0.3, -0.25) is 14.6 Å². The van der Waals surface area contributed by atoms with E-state index in [9.17, 15) is 9.59 Å². The lowest BCUT2D eigenvalue weighted by atomic mass is 10.0. The molecule has 0 aliphatic heterocycles. The van der Waals surface area contributed by atoms with Crippen LogP contribution in [0.2, 0.25) is 0 Å². The summed E-state index contributed by atoms with van der Waals surface area (Å²) in [7, 11) is 0. The lowest BCUT2D eigenvalue weighted by molar-refractivity contribution is -0.119. The Morgan fingerprint density at radius 2 is 2.00 bits per heavy atom. The Kier molecular flexibility index (Phi) is 4.25. The van der Waals surface area contributed by atoms with E-state index in [0.717, 1.165) is 21.9 Å². The summed E-state index contributed by atoms with van der Waals surface area (Å²) in [6.07, 6.45) is 5.41. The van der Waals surface area contributed by atoms with E-state index in [2.05, 4.69) is 20.3 Å². The summed E-state index contributed by atoms with van der Waals surface area (Å²) >= 11 is 0. The molecule has 0 saturated heterocycles. The molecule has 0 fully saturated rings. The number of fused-ring (bicyclic) bond motifs is 2. The normalized spacial score (nSPS) is 12.1. The fraction of sp³-hybridized carbons (Fsp3) is 0.100. The van der Waals surface area contributed by atoms with Gasteiger partial charge in [0.05, 0.1) is 5.52 Å². The molecule has 3 heterocycles. The van der Waals surface area contributed by atoms with E-state index >= 15 is 0 Å². The standard InChI is InChI=1S/C20H17N5O2/c21-19(26)18(9-13-11-23-16-4-2-1-3-14(13)16)25-20(27)17-6-5-12-10-22-8-7-15(12)24-17/h1-8,10-11,18,23H,9H2,(H2,21,26)(H,25,27)/t18-/m0/s1. The third-order valence-electron chi connectivity index (χ3n) is 4.47. The second kappa shape index (κ2) is 6.87. The Hall–Kier alpha value is -3.74. The molecule has 134 valence electrons. The molecule has 4 aromatic rings. The van der Waals surface area contributed by atoms with E-state index in [1.165, 1.54) is 0 Å². The molecule has 0 saturated carbocycles. The third-order valence-corrected chi connectivity index (χ3v) is 4.47. The average molecular weight is 359 g/mol. The van der Waals surface area contributed by atoms with E-state index in [1.807, 2.05) is 30.5 Å². The maximum atomic E-state index is 12.6. The van der Waals surface area contributed by atoms with Crippen LogP contribution in [-0.4, -0.2) is 32.8 Å². The number of hydrogen-bond acceptors (Lipinski definition) is 4. The van der Waals surface area contributed by atoms with Gasteiger partial charge in [0.1, 0.15) is 11.7 Å². The predicted octanol–water partition coefficient (Wildman–Crippen LogP) is 1.94. The molecule has 0 aliphatic rings. The Bertz CT molecular complexity index is 1150. The van der Waals surface area contributed by atoms with E-state index < -0.39 is 17.9 Å². The fourth-order valence-corrected chi connectivity index (χ4v) is 3.07. The molecule has 7 nitrogen and oxygen atoms in total. The zero-order chi connectivity index (χ0) is 18.8. The number of benzene rings is 1. The van der Waals surface area contributed by atoms with Crippen LogP contribution in [0.5, 0.6) is 0 Å². The van der Waals surface area contributed by atoms with Gasteiger partial charge < -0.3 is 16.0 Å². The van der Waals surface area contributed by atoms with Crippen LogP contribution < -0.4 is 11.1 Å². The lowest BCUT2D eigenvalue weighted by Gasteiger charge is -2.15.